The fourth-order valence-corrected chi connectivity index (χ4v) is 1.36. The predicted octanol–water partition coefficient (Wildman–Crippen LogP) is 3.31. The molecule has 1 fully saturated rings. The second kappa shape index (κ2) is 5.18. The van der Waals surface area contributed by atoms with Gasteiger partial charge in [0.15, 0.2) is 0 Å². The van der Waals surface area contributed by atoms with Gasteiger partial charge >= 0.3 is 12.1 Å². The summed E-state index contributed by atoms with van der Waals surface area (Å²) in [4.78, 5) is 10.9. The molecule has 0 aromatic rings. The van der Waals surface area contributed by atoms with Gasteiger partial charge in [-0.25, -0.2) is 8.78 Å². The lowest BCUT2D eigenvalue weighted by Gasteiger charge is -2.17. The first-order valence-electron chi connectivity index (χ1n) is 5.28. The monoisotopic (exact) mass is 260 g/mol. The summed E-state index contributed by atoms with van der Waals surface area (Å²) in [6, 6.07) is 0. The Morgan fingerprint density at radius 2 is 1.76 bits per heavy atom. The zero-order valence-electron chi connectivity index (χ0n) is 9.03. The maximum atomic E-state index is 12.7. The Morgan fingerprint density at radius 1 is 1.18 bits per heavy atom. The molecule has 0 spiro atoms. The van der Waals surface area contributed by atoms with Gasteiger partial charge in [-0.3, -0.25) is 4.79 Å². The Labute approximate surface area is 95.1 Å². The topological polar surface area (TPSA) is 26.3 Å². The van der Waals surface area contributed by atoms with Crippen LogP contribution in [-0.4, -0.2) is 24.7 Å². The number of esters is 1. The summed E-state index contributed by atoms with van der Waals surface area (Å²) in [6.07, 6.45) is -6.15. The van der Waals surface area contributed by atoms with E-state index in [4.69, 9.17) is 0 Å². The first-order chi connectivity index (χ1) is 7.68. The van der Waals surface area contributed by atoms with Crippen molar-refractivity contribution in [2.45, 2.75) is 44.2 Å². The highest BCUT2D eigenvalue weighted by atomic mass is 19.4. The number of hydrogen-bond donors (Lipinski definition) is 0. The molecule has 0 aromatic carbocycles. The maximum absolute atomic E-state index is 12.7. The van der Waals surface area contributed by atoms with Crippen molar-refractivity contribution in [2.75, 3.05) is 6.61 Å². The van der Waals surface area contributed by atoms with Crippen LogP contribution in [0.2, 0.25) is 0 Å². The highest BCUT2D eigenvalue weighted by Crippen LogP contribution is 2.34. The fraction of sp³-hybridized carbons (Fsp3) is 0.900. The lowest BCUT2D eigenvalue weighted by molar-refractivity contribution is -0.193. The van der Waals surface area contributed by atoms with E-state index in [0.29, 0.717) is 12.3 Å². The molecule has 17 heavy (non-hydrogen) atoms. The summed E-state index contributed by atoms with van der Waals surface area (Å²) in [5, 5.41) is 0. The molecule has 0 radical (unpaired) electrons. The van der Waals surface area contributed by atoms with Crippen molar-refractivity contribution in [2.24, 2.45) is 5.92 Å². The minimum Gasteiger partial charge on any atom is -0.466 e. The molecule has 100 valence electrons. The lowest BCUT2D eigenvalue weighted by atomic mass is 10.1. The largest absolute Gasteiger partial charge is 0.466 e. The van der Waals surface area contributed by atoms with Crippen molar-refractivity contribution < 1.29 is 31.5 Å². The van der Waals surface area contributed by atoms with Crippen LogP contribution >= 0.6 is 0 Å². The molecule has 0 aliphatic heterocycles. The normalized spacial score (nSPS) is 17.0. The van der Waals surface area contributed by atoms with Gasteiger partial charge in [0, 0.05) is 0 Å². The van der Waals surface area contributed by atoms with Crippen LogP contribution in [0.5, 0.6) is 0 Å². The molecule has 0 atom stereocenters. The van der Waals surface area contributed by atoms with Crippen LogP contribution in [-0.2, 0) is 9.53 Å². The third-order valence-corrected chi connectivity index (χ3v) is 2.35. The first-order valence-corrected chi connectivity index (χ1v) is 5.28. The summed E-state index contributed by atoms with van der Waals surface area (Å²) in [5.74, 6) is -4.90. The predicted molar refractivity (Wildman–Crippen MR) is 48.5 cm³/mol. The van der Waals surface area contributed by atoms with Crippen molar-refractivity contribution in [1.29, 1.82) is 0 Å². The van der Waals surface area contributed by atoms with Gasteiger partial charge in [0.1, 0.15) is 12.8 Å². The number of halogens is 5. The zero-order chi connectivity index (χ0) is 13.1. The van der Waals surface area contributed by atoms with E-state index in [1.165, 1.54) is 0 Å². The van der Waals surface area contributed by atoms with E-state index in [1.807, 2.05) is 0 Å². The van der Waals surface area contributed by atoms with Crippen LogP contribution in [0.3, 0.4) is 0 Å². The molecular formula is C10H13F5O2. The highest BCUT2D eigenvalue weighted by Gasteiger charge is 2.45. The van der Waals surface area contributed by atoms with E-state index in [1.54, 1.807) is 0 Å². The molecule has 1 saturated carbocycles. The first kappa shape index (κ1) is 14.2. The van der Waals surface area contributed by atoms with Gasteiger partial charge in [0.25, 0.3) is 5.92 Å². The maximum Gasteiger partial charge on any atom is 0.394 e. The van der Waals surface area contributed by atoms with Crippen LogP contribution < -0.4 is 0 Å². The Hall–Kier alpha value is -0.880. The van der Waals surface area contributed by atoms with Gasteiger partial charge in [0.05, 0.1) is 6.61 Å². The molecule has 2 nitrogen and oxygen atoms in total. The number of carbonyl (C=O) groups is 1. The lowest BCUT2D eigenvalue weighted by Crippen LogP contribution is -2.29. The van der Waals surface area contributed by atoms with Gasteiger partial charge < -0.3 is 4.74 Å². The van der Waals surface area contributed by atoms with Crippen LogP contribution in [0.25, 0.3) is 0 Å². The number of alkyl halides is 5. The third-order valence-electron chi connectivity index (χ3n) is 2.35. The molecule has 0 aromatic heterocycles. The van der Waals surface area contributed by atoms with Gasteiger partial charge in [-0.05, 0) is 12.3 Å². The smallest absolute Gasteiger partial charge is 0.394 e. The van der Waals surface area contributed by atoms with E-state index < -0.39 is 30.9 Å². The van der Waals surface area contributed by atoms with E-state index >= 15 is 0 Å². The van der Waals surface area contributed by atoms with E-state index in [9.17, 15) is 26.7 Å². The Morgan fingerprint density at radius 3 is 2.24 bits per heavy atom. The molecule has 1 aliphatic rings. The van der Waals surface area contributed by atoms with Crippen molar-refractivity contribution in [1.82, 2.24) is 0 Å². The van der Waals surface area contributed by atoms with Gasteiger partial charge in [-0.15, -0.1) is 0 Å². The van der Waals surface area contributed by atoms with Crippen LogP contribution in [0.1, 0.15) is 32.1 Å². The molecule has 0 amide bonds. The molecule has 0 unspecified atom stereocenters. The summed E-state index contributed by atoms with van der Waals surface area (Å²) < 4.78 is 65.2. The van der Waals surface area contributed by atoms with Crippen molar-refractivity contribution in [3.63, 3.8) is 0 Å². The quantitative estimate of drug-likeness (QED) is 0.541. The molecule has 1 aliphatic carbocycles. The van der Waals surface area contributed by atoms with E-state index in [-0.39, 0.29) is 6.61 Å². The highest BCUT2D eigenvalue weighted by molar-refractivity contribution is 5.70. The molecule has 7 heteroatoms. The summed E-state index contributed by atoms with van der Waals surface area (Å²) >= 11 is 0. The molecule has 1 rings (SSSR count). The fourth-order valence-electron chi connectivity index (χ4n) is 1.36. The zero-order valence-corrected chi connectivity index (χ0v) is 9.03. The average Bonchev–Trinajstić information content (AvgIpc) is 2.81. The third kappa shape index (κ3) is 7.12. The van der Waals surface area contributed by atoms with Crippen molar-refractivity contribution in [3.8, 4) is 0 Å². The Balaban J connectivity index is 2.22. The van der Waals surface area contributed by atoms with E-state index in [2.05, 4.69) is 4.74 Å². The molecule has 0 bridgehead atoms. The molecule has 0 saturated heterocycles. The standard InChI is InChI=1S/C10H13F5O2/c11-9(12,6-10(13,14)15)5-8(16)17-4-3-7-1-2-7/h7H,1-6H2. The number of ether oxygens (including phenoxy) is 1. The minimum absolute atomic E-state index is 0.00555. The SMILES string of the molecule is O=C(CC(F)(F)CC(F)(F)F)OCCC1CC1. The summed E-state index contributed by atoms with van der Waals surface area (Å²) in [5.41, 5.74) is 0. The van der Waals surface area contributed by atoms with Crippen LogP contribution in [0, 0.1) is 5.92 Å². The Kier molecular flexibility index (Phi) is 4.32. The van der Waals surface area contributed by atoms with Crippen LogP contribution in [0.4, 0.5) is 22.0 Å². The Bertz CT molecular complexity index is 270. The van der Waals surface area contributed by atoms with Gasteiger partial charge in [-0.2, -0.15) is 13.2 Å². The van der Waals surface area contributed by atoms with Crippen LogP contribution in [0.15, 0.2) is 0 Å². The second-order valence-corrected chi connectivity index (χ2v) is 4.28. The summed E-state index contributed by atoms with van der Waals surface area (Å²) in [6.45, 7) is 0.00555. The number of rotatable bonds is 6. The van der Waals surface area contributed by atoms with Crippen molar-refractivity contribution >= 4 is 5.97 Å². The summed E-state index contributed by atoms with van der Waals surface area (Å²) in [7, 11) is 0. The molecule has 0 N–H and O–H groups in total. The van der Waals surface area contributed by atoms with E-state index in [0.717, 1.165) is 12.8 Å². The van der Waals surface area contributed by atoms with Gasteiger partial charge in [-0.1, -0.05) is 12.8 Å². The van der Waals surface area contributed by atoms with Gasteiger partial charge in [0.2, 0.25) is 0 Å². The second-order valence-electron chi connectivity index (χ2n) is 4.28. The number of hydrogen-bond acceptors (Lipinski definition) is 2. The minimum atomic E-state index is -4.99. The number of carbonyl (C=O) groups excluding carboxylic acids is 1. The molecular weight excluding hydrogens is 247 g/mol. The molecule has 0 heterocycles. The average molecular weight is 260 g/mol. The van der Waals surface area contributed by atoms with Crippen molar-refractivity contribution in [3.05, 3.63) is 0 Å².